The molecule has 0 bridgehead atoms. The summed E-state index contributed by atoms with van der Waals surface area (Å²) in [5.41, 5.74) is 2.25. The first-order valence-electron chi connectivity index (χ1n) is 12.3. The van der Waals surface area contributed by atoms with Gasteiger partial charge in [-0.05, 0) is 37.6 Å². The van der Waals surface area contributed by atoms with Gasteiger partial charge >= 0.3 is 0 Å². The van der Waals surface area contributed by atoms with Crippen LogP contribution in [-0.4, -0.2) is 57.8 Å². The third-order valence-corrected chi connectivity index (χ3v) is 8.09. The Bertz CT molecular complexity index is 1290. The number of amides is 1. The molecular weight excluding hydrogens is 490 g/mol. The number of thioether (sulfide) groups is 1. The van der Waals surface area contributed by atoms with Gasteiger partial charge in [-0.3, -0.25) is 19.1 Å². The molecule has 188 valence electrons. The summed E-state index contributed by atoms with van der Waals surface area (Å²) in [5, 5.41) is 9.87. The Balaban J connectivity index is 1.82. The molecule has 0 unspecified atom stereocenters. The third-order valence-electron chi connectivity index (χ3n) is 6.72. The molecule has 2 aliphatic rings. The van der Waals surface area contributed by atoms with Gasteiger partial charge in [0.15, 0.2) is 0 Å². The minimum atomic E-state index is -0.258. The number of benzene rings is 1. The number of nitriles is 1. The standard InChI is InChI=1S/C27H31N5O2S2/c1-4-5-11-31-24(30-14-12-29(3)13-15-30)21(19(2)22(17-28)25(31)33)16-23-26(34)32(27(35)36-23)18-20-9-7-6-8-10-20/h6-10,16H,4-5,11-15,18H2,1-3H3. The summed E-state index contributed by atoms with van der Waals surface area (Å²) >= 11 is 6.84. The number of likely N-dealkylation sites (N-methyl/N-ethyl adjacent to an activating group) is 1. The Morgan fingerprint density at radius 2 is 1.83 bits per heavy atom. The van der Waals surface area contributed by atoms with Crippen molar-refractivity contribution in [2.45, 2.75) is 39.8 Å². The van der Waals surface area contributed by atoms with Crippen LogP contribution in [0, 0.1) is 18.3 Å². The van der Waals surface area contributed by atoms with Crippen LogP contribution in [0.5, 0.6) is 0 Å². The molecule has 36 heavy (non-hydrogen) atoms. The molecule has 4 rings (SSSR count). The second kappa shape index (κ2) is 11.4. The quantitative estimate of drug-likeness (QED) is 0.403. The Kier molecular flexibility index (Phi) is 8.29. The zero-order valence-corrected chi connectivity index (χ0v) is 22.6. The SMILES string of the molecule is CCCCn1c(N2CCN(C)CC2)c(C=C2SC(=S)N(Cc3ccccc3)C2=O)c(C)c(C#N)c1=O. The van der Waals surface area contributed by atoms with Crippen molar-refractivity contribution in [2.75, 3.05) is 38.1 Å². The van der Waals surface area contributed by atoms with Gasteiger partial charge < -0.3 is 9.80 Å². The summed E-state index contributed by atoms with van der Waals surface area (Å²) in [6.07, 6.45) is 3.60. The van der Waals surface area contributed by atoms with Crippen molar-refractivity contribution >= 4 is 46.1 Å². The van der Waals surface area contributed by atoms with E-state index in [-0.39, 0.29) is 17.0 Å². The van der Waals surface area contributed by atoms with Crippen molar-refractivity contribution in [3.8, 4) is 6.07 Å². The number of unbranched alkanes of at least 4 members (excludes halogenated alkanes) is 1. The number of nitrogens with zero attached hydrogens (tertiary/aromatic N) is 5. The minimum absolute atomic E-state index is 0.134. The van der Waals surface area contributed by atoms with Gasteiger partial charge in [-0.25, -0.2) is 0 Å². The Hall–Kier alpha value is -2.93. The van der Waals surface area contributed by atoms with E-state index in [0.29, 0.717) is 27.9 Å². The predicted octanol–water partition coefficient (Wildman–Crippen LogP) is 3.98. The fraction of sp³-hybridized carbons (Fsp3) is 0.407. The van der Waals surface area contributed by atoms with Gasteiger partial charge in [0, 0.05) is 38.3 Å². The van der Waals surface area contributed by atoms with Crippen molar-refractivity contribution in [1.82, 2.24) is 14.4 Å². The van der Waals surface area contributed by atoms with Gasteiger partial charge in [-0.15, -0.1) is 0 Å². The van der Waals surface area contributed by atoms with Gasteiger partial charge in [0.05, 0.1) is 11.4 Å². The molecule has 0 radical (unpaired) electrons. The number of piperazine rings is 1. The molecule has 2 saturated heterocycles. The van der Waals surface area contributed by atoms with Crippen molar-refractivity contribution in [3.63, 3.8) is 0 Å². The fourth-order valence-electron chi connectivity index (χ4n) is 4.56. The summed E-state index contributed by atoms with van der Waals surface area (Å²) in [7, 11) is 2.09. The van der Waals surface area contributed by atoms with E-state index in [1.807, 2.05) is 36.4 Å². The largest absolute Gasteiger partial charge is 0.355 e. The summed E-state index contributed by atoms with van der Waals surface area (Å²) in [5.74, 6) is 0.647. The summed E-state index contributed by atoms with van der Waals surface area (Å²) in [6.45, 7) is 8.11. The highest BCUT2D eigenvalue weighted by molar-refractivity contribution is 8.26. The van der Waals surface area contributed by atoms with E-state index in [1.54, 1.807) is 16.4 Å². The van der Waals surface area contributed by atoms with Gasteiger partial charge in [0.25, 0.3) is 11.5 Å². The fourth-order valence-corrected chi connectivity index (χ4v) is 5.80. The number of aromatic nitrogens is 1. The molecule has 1 aromatic carbocycles. The molecule has 9 heteroatoms. The molecule has 1 aromatic heterocycles. The second-order valence-electron chi connectivity index (χ2n) is 9.20. The van der Waals surface area contributed by atoms with Gasteiger partial charge in [-0.1, -0.05) is 67.7 Å². The average Bonchev–Trinajstić information content (AvgIpc) is 3.14. The Morgan fingerprint density at radius 3 is 2.47 bits per heavy atom. The molecule has 2 fully saturated rings. The molecule has 0 aliphatic carbocycles. The maximum absolute atomic E-state index is 13.4. The highest BCUT2D eigenvalue weighted by Crippen LogP contribution is 2.36. The lowest BCUT2D eigenvalue weighted by Crippen LogP contribution is -2.47. The zero-order chi connectivity index (χ0) is 25.8. The van der Waals surface area contributed by atoms with Crippen molar-refractivity contribution in [1.29, 1.82) is 5.26 Å². The number of rotatable bonds is 7. The normalized spacial score (nSPS) is 17.8. The van der Waals surface area contributed by atoms with E-state index < -0.39 is 0 Å². The number of carbonyl (C=O) groups is 1. The highest BCUT2D eigenvalue weighted by atomic mass is 32.2. The maximum Gasteiger partial charge on any atom is 0.270 e. The van der Waals surface area contributed by atoms with Crippen LogP contribution in [0.4, 0.5) is 5.82 Å². The van der Waals surface area contributed by atoms with Crippen LogP contribution in [-0.2, 0) is 17.9 Å². The molecule has 0 N–H and O–H groups in total. The van der Waals surface area contributed by atoms with Crippen LogP contribution < -0.4 is 10.5 Å². The first-order valence-corrected chi connectivity index (χ1v) is 13.5. The number of thiocarbonyl (C=S) groups is 1. The maximum atomic E-state index is 13.4. The van der Waals surface area contributed by atoms with Gasteiger partial charge in [0.1, 0.15) is 21.8 Å². The van der Waals surface area contributed by atoms with E-state index >= 15 is 0 Å². The third kappa shape index (κ3) is 5.26. The second-order valence-corrected chi connectivity index (χ2v) is 10.9. The van der Waals surface area contributed by atoms with Crippen LogP contribution in [0.2, 0.25) is 0 Å². The number of anilines is 1. The lowest BCUT2D eigenvalue weighted by atomic mass is 10.0. The van der Waals surface area contributed by atoms with Crippen molar-refractivity contribution in [3.05, 3.63) is 67.8 Å². The molecule has 1 amide bonds. The molecule has 2 aromatic rings. The highest BCUT2D eigenvalue weighted by Gasteiger charge is 2.33. The molecule has 0 atom stereocenters. The molecule has 3 heterocycles. The summed E-state index contributed by atoms with van der Waals surface area (Å²) in [4.78, 5) is 33.4. The minimum Gasteiger partial charge on any atom is -0.355 e. The lowest BCUT2D eigenvalue weighted by molar-refractivity contribution is -0.122. The lowest BCUT2D eigenvalue weighted by Gasteiger charge is -2.36. The van der Waals surface area contributed by atoms with Crippen LogP contribution in [0.3, 0.4) is 0 Å². The number of hydrogen-bond donors (Lipinski definition) is 0. The summed E-state index contributed by atoms with van der Waals surface area (Å²) < 4.78 is 2.26. The van der Waals surface area contributed by atoms with Crippen LogP contribution in [0.15, 0.2) is 40.0 Å². The Morgan fingerprint density at radius 1 is 1.14 bits per heavy atom. The van der Waals surface area contributed by atoms with Crippen LogP contribution in [0.25, 0.3) is 6.08 Å². The van der Waals surface area contributed by atoms with Crippen molar-refractivity contribution in [2.24, 2.45) is 0 Å². The molecular formula is C27H31N5O2S2. The number of carbonyl (C=O) groups excluding carboxylic acids is 1. The Labute approximate surface area is 222 Å². The molecule has 0 saturated carbocycles. The van der Waals surface area contributed by atoms with E-state index in [0.717, 1.165) is 56.0 Å². The molecule has 2 aliphatic heterocycles. The van der Waals surface area contributed by atoms with E-state index in [4.69, 9.17) is 12.2 Å². The predicted molar refractivity (Wildman–Crippen MR) is 150 cm³/mol. The van der Waals surface area contributed by atoms with Crippen molar-refractivity contribution < 1.29 is 4.79 Å². The average molecular weight is 522 g/mol. The monoisotopic (exact) mass is 521 g/mol. The van der Waals surface area contributed by atoms with Crippen LogP contribution in [0.1, 0.15) is 42.0 Å². The first kappa shape index (κ1) is 26.1. The smallest absolute Gasteiger partial charge is 0.270 e. The summed E-state index contributed by atoms with van der Waals surface area (Å²) in [6, 6.07) is 11.9. The molecule has 7 nitrogen and oxygen atoms in total. The first-order chi connectivity index (χ1) is 17.3. The van der Waals surface area contributed by atoms with E-state index in [1.165, 1.54) is 11.8 Å². The van der Waals surface area contributed by atoms with E-state index in [9.17, 15) is 14.9 Å². The molecule has 0 spiro atoms. The van der Waals surface area contributed by atoms with Gasteiger partial charge in [0.2, 0.25) is 0 Å². The van der Waals surface area contributed by atoms with E-state index in [2.05, 4.69) is 29.8 Å². The topological polar surface area (TPSA) is 72.6 Å². The number of hydrogen-bond acceptors (Lipinski definition) is 7. The van der Waals surface area contributed by atoms with Crippen LogP contribution >= 0.6 is 24.0 Å². The van der Waals surface area contributed by atoms with Gasteiger partial charge in [-0.2, -0.15) is 5.26 Å². The zero-order valence-electron chi connectivity index (χ0n) is 21.0. The number of pyridine rings is 1.